The van der Waals surface area contributed by atoms with E-state index in [1.54, 1.807) is 4.52 Å². The Morgan fingerprint density at radius 1 is 1.42 bits per heavy atom. The summed E-state index contributed by atoms with van der Waals surface area (Å²) in [6.45, 7) is 7.42. The molecule has 2 N–H and O–H groups in total. The molecule has 2 rings (SSSR count). The molecular weight excluding hydrogens is 240 g/mol. The van der Waals surface area contributed by atoms with E-state index in [1.165, 1.54) is 0 Å². The molecule has 0 atom stereocenters. The van der Waals surface area contributed by atoms with Crippen LogP contribution in [0.5, 0.6) is 0 Å². The first-order valence-electron chi connectivity index (χ1n) is 6.68. The van der Waals surface area contributed by atoms with Gasteiger partial charge >= 0.3 is 0 Å². The molecule has 0 saturated heterocycles. The van der Waals surface area contributed by atoms with Crippen molar-refractivity contribution in [2.75, 3.05) is 18.5 Å². The van der Waals surface area contributed by atoms with Gasteiger partial charge in [-0.3, -0.25) is 0 Å². The number of nitrogens with one attached hydrogen (secondary N) is 1. The Bertz CT molecular complexity index is 547. The maximum atomic E-state index is 8.89. The van der Waals surface area contributed by atoms with Gasteiger partial charge in [-0.2, -0.15) is 4.98 Å². The summed E-state index contributed by atoms with van der Waals surface area (Å²) in [5.41, 5.74) is 2.12. The summed E-state index contributed by atoms with van der Waals surface area (Å²) in [5, 5.41) is 16.6. The van der Waals surface area contributed by atoms with Crippen molar-refractivity contribution in [2.45, 2.75) is 33.6 Å². The lowest BCUT2D eigenvalue weighted by Gasteiger charge is -2.24. The molecule has 0 bridgehead atoms. The van der Waals surface area contributed by atoms with Crippen LogP contribution in [0.2, 0.25) is 0 Å². The van der Waals surface area contributed by atoms with Gasteiger partial charge in [0.25, 0.3) is 0 Å². The zero-order chi connectivity index (χ0) is 13.9. The highest BCUT2D eigenvalue weighted by molar-refractivity contribution is 5.49. The van der Waals surface area contributed by atoms with Crippen molar-refractivity contribution in [1.29, 1.82) is 0 Å². The Morgan fingerprint density at radius 3 is 2.89 bits per heavy atom. The zero-order valence-electron chi connectivity index (χ0n) is 11.8. The molecule has 0 radical (unpaired) electrons. The Balaban J connectivity index is 2.04. The first-order chi connectivity index (χ1) is 9.02. The summed E-state index contributed by atoms with van der Waals surface area (Å²) < 4.78 is 1.79. The van der Waals surface area contributed by atoms with Gasteiger partial charge in [-0.15, -0.1) is 5.10 Å². The molecule has 2 aromatic heterocycles. The van der Waals surface area contributed by atoms with Gasteiger partial charge in [0.2, 0.25) is 5.95 Å². The third-order valence-electron chi connectivity index (χ3n) is 3.29. The fraction of sp³-hybridized carbons (Fsp3) is 0.571. The van der Waals surface area contributed by atoms with Crippen molar-refractivity contribution in [3.63, 3.8) is 0 Å². The topological polar surface area (TPSA) is 62.5 Å². The molecule has 5 nitrogen and oxygen atoms in total. The van der Waals surface area contributed by atoms with Gasteiger partial charge in [0.15, 0.2) is 5.65 Å². The third kappa shape index (κ3) is 3.44. The van der Waals surface area contributed by atoms with Gasteiger partial charge in [0, 0.05) is 19.3 Å². The van der Waals surface area contributed by atoms with E-state index in [9.17, 15) is 0 Å². The predicted octanol–water partition coefficient (Wildman–Crippen LogP) is 2.25. The molecule has 0 amide bonds. The summed E-state index contributed by atoms with van der Waals surface area (Å²) >= 11 is 0. The van der Waals surface area contributed by atoms with E-state index in [1.807, 2.05) is 25.3 Å². The number of nitrogens with zero attached hydrogens (tertiary/aromatic N) is 3. The number of anilines is 1. The van der Waals surface area contributed by atoms with Crippen molar-refractivity contribution >= 4 is 11.6 Å². The van der Waals surface area contributed by atoms with E-state index in [4.69, 9.17) is 5.11 Å². The minimum atomic E-state index is 0.120. The smallest absolute Gasteiger partial charge is 0.243 e. The van der Waals surface area contributed by atoms with E-state index in [2.05, 4.69) is 29.2 Å². The largest absolute Gasteiger partial charge is 0.396 e. The molecular formula is C14H22N4O. The molecule has 104 valence electrons. The first-order valence-corrected chi connectivity index (χ1v) is 6.68. The van der Waals surface area contributed by atoms with Crippen molar-refractivity contribution in [3.8, 4) is 0 Å². The normalized spacial score (nSPS) is 12.0. The lowest BCUT2D eigenvalue weighted by Crippen LogP contribution is -2.23. The highest BCUT2D eigenvalue weighted by Gasteiger charge is 2.18. The van der Waals surface area contributed by atoms with E-state index < -0.39 is 0 Å². The van der Waals surface area contributed by atoms with E-state index in [-0.39, 0.29) is 12.0 Å². The summed E-state index contributed by atoms with van der Waals surface area (Å²) in [6.07, 6.45) is 3.70. The Labute approximate surface area is 113 Å². The number of hydrogen-bond acceptors (Lipinski definition) is 4. The van der Waals surface area contributed by atoms with Gasteiger partial charge in [-0.05, 0) is 36.8 Å². The molecule has 0 aliphatic heterocycles. The maximum Gasteiger partial charge on any atom is 0.243 e. The fourth-order valence-electron chi connectivity index (χ4n) is 2.08. The Kier molecular flexibility index (Phi) is 4.04. The van der Waals surface area contributed by atoms with Crippen LogP contribution in [0.25, 0.3) is 5.65 Å². The van der Waals surface area contributed by atoms with E-state index >= 15 is 0 Å². The molecule has 0 unspecified atom stereocenters. The van der Waals surface area contributed by atoms with Crippen molar-refractivity contribution in [3.05, 3.63) is 23.9 Å². The minimum Gasteiger partial charge on any atom is -0.396 e. The second kappa shape index (κ2) is 5.57. The molecule has 0 fully saturated rings. The number of aliphatic hydroxyl groups excluding tert-OH is 1. The first kappa shape index (κ1) is 13.8. The lowest BCUT2D eigenvalue weighted by atomic mass is 9.88. The molecule has 0 aliphatic rings. The predicted molar refractivity (Wildman–Crippen MR) is 76.3 cm³/mol. The number of pyridine rings is 1. The minimum absolute atomic E-state index is 0.120. The van der Waals surface area contributed by atoms with Crippen LogP contribution in [-0.2, 0) is 0 Å². The summed E-state index contributed by atoms with van der Waals surface area (Å²) in [4.78, 5) is 4.49. The number of hydrogen-bond donors (Lipinski definition) is 2. The Morgan fingerprint density at radius 2 is 2.21 bits per heavy atom. The van der Waals surface area contributed by atoms with Crippen LogP contribution in [0, 0.1) is 12.3 Å². The number of fused-ring (bicyclic) bond motifs is 1. The average Bonchev–Trinajstić information content (AvgIpc) is 2.79. The van der Waals surface area contributed by atoms with Crippen LogP contribution in [0.4, 0.5) is 5.95 Å². The lowest BCUT2D eigenvalue weighted by molar-refractivity contribution is 0.247. The molecule has 0 spiro atoms. The average molecular weight is 262 g/mol. The van der Waals surface area contributed by atoms with Crippen LogP contribution in [-0.4, -0.2) is 32.9 Å². The standard InChI is InChI=1S/C14H22N4O/c1-11-6-4-8-18-12(11)16-13(17-18)15-10-14(2,3)7-5-9-19/h4,6,8,19H,5,7,9-10H2,1-3H3,(H,15,17). The number of aliphatic hydroxyl groups is 1. The van der Waals surface area contributed by atoms with Crippen LogP contribution in [0.1, 0.15) is 32.3 Å². The van der Waals surface area contributed by atoms with E-state index in [0.717, 1.165) is 30.6 Å². The summed E-state index contributed by atoms with van der Waals surface area (Å²) in [5.74, 6) is 0.659. The second-order valence-electron chi connectivity index (χ2n) is 5.74. The number of aromatic nitrogens is 3. The molecule has 2 heterocycles. The van der Waals surface area contributed by atoms with Crippen molar-refractivity contribution in [2.24, 2.45) is 5.41 Å². The van der Waals surface area contributed by atoms with Gasteiger partial charge in [0.05, 0.1) is 0 Å². The van der Waals surface area contributed by atoms with Crippen LogP contribution in [0.15, 0.2) is 18.3 Å². The molecule has 19 heavy (non-hydrogen) atoms. The molecule has 0 aliphatic carbocycles. The van der Waals surface area contributed by atoms with Crippen LogP contribution < -0.4 is 5.32 Å². The highest BCUT2D eigenvalue weighted by atomic mass is 16.2. The highest BCUT2D eigenvalue weighted by Crippen LogP contribution is 2.22. The molecule has 0 aromatic carbocycles. The van der Waals surface area contributed by atoms with Gasteiger partial charge in [0.1, 0.15) is 0 Å². The monoisotopic (exact) mass is 262 g/mol. The quantitative estimate of drug-likeness (QED) is 0.838. The number of rotatable bonds is 6. The number of aryl methyl sites for hydroxylation is 1. The molecule has 5 heteroatoms. The second-order valence-corrected chi connectivity index (χ2v) is 5.74. The van der Waals surface area contributed by atoms with Gasteiger partial charge in [-0.1, -0.05) is 19.9 Å². The van der Waals surface area contributed by atoms with Crippen molar-refractivity contribution in [1.82, 2.24) is 14.6 Å². The van der Waals surface area contributed by atoms with Crippen LogP contribution in [0.3, 0.4) is 0 Å². The summed E-state index contributed by atoms with van der Waals surface area (Å²) in [7, 11) is 0. The fourth-order valence-corrected chi connectivity index (χ4v) is 2.08. The van der Waals surface area contributed by atoms with Gasteiger partial charge in [-0.25, -0.2) is 4.52 Å². The Hall–Kier alpha value is -1.62. The van der Waals surface area contributed by atoms with Gasteiger partial charge < -0.3 is 10.4 Å². The molecule has 0 saturated carbocycles. The molecule has 2 aromatic rings. The third-order valence-corrected chi connectivity index (χ3v) is 3.29. The SMILES string of the molecule is Cc1cccn2nc(NCC(C)(C)CCCO)nc12. The summed E-state index contributed by atoms with van der Waals surface area (Å²) in [6, 6.07) is 3.99. The zero-order valence-corrected chi connectivity index (χ0v) is 11.8. The maximum absolute atomic E-state index is 8.89. The van der Waals surface area contributed by atoms with Crippen molar-refractivity contribution < 1.29 is 5.11 Å². The van der Waals surface area contributed by atoms with Crippen LogP contribution >= 0.6 is 0 Å². The van der Waals surface area contributed by atoms with E-state index in [0.29, 0.717) is 5.95 Å².